The Kier molecular flexibility index (Phi) is 4.35. The molecule has 5 nitrogen and oxygen atoms in total. The first-order valence-corrected chi connectivity index (χ1v) is 9.70. The predicted octanol–water partition coefficient (Wildman–Crippen LogP) is 4.23. The van der Waals surface area contributed by atoms with Crippen molar-refractivity contribution in [2.75, 3.05) is 11.1 Å². The third-order valence-corrected chi connectivity index (χ3v) is 6.36. The summed E-state index contributed by atoms with van der Waals surface area (Å²) in [4.78, 5) is 16.5. The molecule has 0 saturated heterocycles. The number of aliphatic imine (C=N–C) groups is 1. The number of rotatable bonds is 4. The van der Waals surface area contributed by atoms with Crippen molar-refractivity contribution >= 4 is 40.2 Å². The highest BCUT2D eigenvalue weighted by molar-refractivity contribution is 8.16. The first-order chi connectivity index (χ1) is 12.1. The minimum Gasteiger partial charge on any atom is -0.480 e. The maximum Gasteiger partial charge on any atom is 0.329 e. The molecule has 2 N–H and O–H groups in total. The molecule has 0 aliphatic carbocycles. The molecule has 4 rings (SSSR count). The van der Waals surface area contributed by atoms with Gasteiger partial charge >= 0.3 is 5.97 Å². The van der Waals surface area contributed by atoms with Crippen molar-refractivity contribution < 1.29 is 14.6 Å². The smallest absolute Gasteiger partial charge is 0.329 e. The number of ether oxygens (including phenoxy) is 1. The SMILES string of the molecule is Cc1ccc(Oc2ccc3c(c2)SC(C2=NC(C(=O)O)CS2)N3)cc1. The Labute approximate surface area is 153 Å². The van der Waals surface area contributed by atoms with E-state index in [4.69, 9.17) is 9.84 Å². The van der Waals surface area contributed by atoms with Gasteiger partial charge < -0.3 is 15.2 Å². The van der Waals surface area contributed by atoms with Gasteiger partial charge in [0, 0.05) is 16.3 Å². The molecule has 0 amide bonds. The minimum atomic E-state index is -0.864. The summed E-state index contributed by atoms with van der Waals surface area (Å²) in [5, 5.41) is 13.3. The number of fused-ring (bicyclic) bond motifs is 1. The second-order valence-corrected chi connectivity index (χ2v) is 8.03. The lowest BCUT2D eigenvalue weighted by molar-refractivity contribution is -0.137. The molecule has 2 aliphatic rings. The van der Waals surface area contributed by atoms with E-state index in [2.05, 4.69) is 10.3 Å². The van der Waals surface area contributed by atoms with Crippen LogP contribution in [0.3, 0.4) is 0 Å². The van der Waals surface area contributed by atoms with Gasteiger partial charge in [-0.3, -0.25) is 4.99 Å². The number of hydrogen-bond donors (Lipinski definition) is 2. The van der Waals surface area contributed by atoms with Gasteiger partial charge in [-0.15, -0.1) is 11.8 Å². The summed E-state index contributed by atoms with van der Waals surface area (Å²) in [6.45, 7) is 2.04. The summed E-state index contributed by atoms with van der Waals surface area (Å²) in [5.41, 5.74) is 2.21. The lowest BCUT2D eigenvalue weighted by atomic mass is 10.2. The number of nitrogens with zero attached hydrogens (tertiary/aromatic N) is 1. The van der Waals surface area contributed by atoms with Crippen LogP contribution in [0.25, 0.3) is 0 Å². The van der Waals surface area contributed by atoms with Crippen LogP contribution in [0.4, 0.5) is 5.69 Å². The fourth-order valence-electron chi connectivity index (χ4n) is 2.60. The second-order valence-electron chi connectivity index (χ2n) is 5.85. The molecule has 7 heteroatoms. The Morgan fingerprint density at radius 3 is 2.72 bits per heavy atom. The van der Waals surface area contributed by atoms with Gasteiger partial charge in [-0.25, -0.2) is 4.79 Å². The number of thioether (sulfide) groups is 2. The predicted molar refractivity (Wildman–Crippen MR) is 102 cm³/mol. The van der Waals surface area contributed by atoms with Crippen LogP contribution in [-0.4, -0.2) is 33.3 Å². The van der Waals surface area contributed by atoms with E-state index in [0.29, 0.717) is 5.75 Å². The molecule has 2 unspecified atom stereocenters. The topological polar surface area (TPSA) is 70.9 Å². The van der Waals surface area contributed by atoms with Crippen molar-refractivity contribution in [3.8, 4) is 11.5 Å². The number of nitrogens with one attached hydrogen (secondary N) is 1. The van der Waals surface area contributed by atoms with Gasteiger partial charge in [-0.2, -0.15) is 0 Å². The number of hydrogen-bond acceptors (Lipinski definition) is 6. The van der Waals surface area contributed by atoms with Crippen LogP contribution in [0.2, 0.25) is 0 Å². The third kappa shape index (κ3) is 3.48. The Bertz CT molecular complexity index is 852. The first-order valence-electron chi connectivity index (χ1n) is 7.83. The number of carbonyl (C=O) groups is 1. The standard InChI is InChI=1S/C18H16N2O3S2/c1-10-2-4-11(5-3-10)23-12-6-7-13-15(8-12)25-17(19-13)16-20-14(9-24-16)18(21)22/h2-8,14,17,19H,9H2,1H3,(H,21,22). The van der Waals surface area contributed by atoms with E-state index in [9.17, 15) is 4.79 Å². The van der Waals surface area contributed by atoms with E-state index in [1.54, 1.807) is 11.8 Å². The van der Waals surface area contributed by atoms with Crippen LogP contribution in [0, 0.1) is 6.92 Å². The minimum absolute atomic E-state index is 0.0287. The summed E-state index contributed by atoms with van der Waals surface area (Å²) in [6, 6.07) is 13.2. The molecular formula is C18H16N2O3S2. The van der Waals surface area contributed by atoms with E-state index in [1.165, 1.54) is 17.3 Å². The number of carboxylic acids is 1. The van der Waals surface area contributed by atoms with Crippen LogP contribution < -0.4 is 10.1 Å². The molecule has 0 fully saturated rings. The van der Waals surface area contributed by atoms with Crippen LogP contribution in [0.1, 0.15) is 5.56 Å². The highest BCUT2D eigenvalue weighted by Gasteiger charge is 2.33. The van der Waals surface area contributed by atoms with Gasteiger partial charge in [0.2, 0.25) is 0 Å². The van der Waals surface area contributed by atoms with Crippen molar-refractivity contribution in [1.29, 1.82) is 0 Å². The maximum atomic E-state index is 11.1. The largest absolute Gasteiger partial charge is 0.480 e. The Balaban J connectivity index is 1.48. The molecule has 2 aliphatic heterocycles. The number of anilines is 1. The van der Waals surface area contributed by atoms with Crippen molar-refractivity contribution in [2.45, 2.75) is 23.2 Å². The third-order valence-electron chi connectivity index (χ3n) is 3.92. The molecule has 2 heterocycles. The molecule has 0 saturated carbocycles. The van der Waals surface area contributed by atoms with Crippen molar-refractivity contribution in [2.24, 2.45) is 4.99 Å². The lowest BCUT2D eigenvalue weighted by Crippen LogP contribution is -2.19. The van der Waals surface area contributed by atoms with E-state index in [1.807, 2.05) is 49.4 Å². The summed E-state index contributed by atoms with van der Waals surface area (Å²) >= 11 is 3.15. The normalized spacial score (nSPS) is 21.4. The zero-order valence-electron chi connectivity index (χ0n) is 13.4. The van der Waals surface area contributed by atoms with Crippen molar-refractivity contribution in [3.05, 3.63) is 48.0 Å². The number of carboxylic acid groups (broad SMARTS) is 1. The summed E-state index contributed by atoms with van der Waals surface area (Å²) in [5.74, 6) is 1.22. The molecule has 2 aromatic rings. The van der Waals surface area contributed by atoms with E-state index >= 15 is 0 Å². The Morgan fingerprint density at radius 1 is 1.24 bits per heavy atom. The maximum absolute atomic E-state index is 11.1. The summed E-state index contributed by atoms with van der Waals surface area (Å²) in [7, 11) is 0. The molecule has 25 heavy (non-hydrogen) atoms. The molecular weight excluding hydrogens is 356 g/mol. The van der Waals surface area contributed by atoms with E-state index in [-0.39, 0.29) is 5.37 Å². The average Bonchev–Trinajstić information content (AvgIpc) is 3.23. The highest BCUT2D eigenvalue weighted by Crippen LogP contribution is 2.43. The molecule has 128 valence electrons. The van der Waals surface area contributed by atoms with E-state index in [0.717, 1.165) is 27.1 Å². The summed E-state index contributed by atoms with van der Waals surface area (Å²) in [6.07, 6.45) is 0. The zero-order chi connectivity index (χ0) is 17.4. The quantitative estimate of drug-likeness (QED) is 0.837. The molecule has 0 aromatic heterocycles. The monoisotopic (exact) mass is 372 g/mol. The van der Waals surface area contributed by atoms with Gasteiger partial charge in [0.1, 0.15) is 21.9 Å². The Morgan fingerprint density at radius 2 is 2.00 bits per heavy atom. The number of benzene rings is 2. The van der Waals surface area contributed by atoms with Gasteiger partial charge in [0.15, 0.2) is 6.04 Å². The first kappa shape index (κ1) is 16.4. The van der Waals surface area contributed by atoms with E-state index < -0.39 is 12.0 Å². The van der Waals surface area contributed by atoms with Gasteiger partial charge in [-0.05, 0) is 37.3 Å². The lowest BCUT2D eigenvalue weighted by Gasteiger charge is -2.08. The molecule has 2 aromatic carbocycles. The fourth-order valence-corrected chi connectivity index (χ4v) is 4.94. The van der Waals surface area contributed by atoms with Gasteiger partial charge in [-0.1, -0.05) is 29.5 Å². The molecule has 0 radical (unpaired) electrons. The number of aliphatic carboxylic acids is 1. The van der Waals surface area contributed by atoms with Gasteiger partial charge in [0.05, 0.1) is 0 Å². The summed E-state index contributed by atoms with van der Waals surface area (Å²) < 4.78 is 5.91. The highest BCUT2D eigenvalue weighted by atomic mass is 32.2. The van der Waals surface area contributed by atoms with Crippen molar-refractivity contribution in [3.63, 3.8) is 0 Å². The van der Waals surface area contributed by atoms with Crippen LogP contribution in [0.5, 0.6) is 11.5 Å². The second kappa shape index (κ2) is 6.65. The molecule has 0 bridgehead atoms. The van der Waals surface area contributed by atoms with Crippen LogP contribution >= 0.6 is 23.5 Å². The Hall–Kier alpha value is -2.12. The fraction of sp³-hybridized carbons (Fsp3) is 0.222. The number of aryl methyl sites for hydroxylation is 1. The van der Waals surface area contributed by atoms with Gasteiger partial charge in [0.25, 0.3) is 0 Å². The molecule has 2 atom stereocenters. The van der Waals surface area contributed by atoms with Crippen LogP contribution in [-0.2, 0) is 4.79 Å². The van der Waals surface area contributed by atoms with Crippen molar-refractivity contribution in [1.82, 2.24) is 0 Å². The average molecular weight is 372 g/mol. The zero-order valence-corrected chi connectivity index (χ0v) is 15.1. The van der Waals surface area contributed by atoms with Crippen LogP contribution in [0.15, 0.2) is 52.4 Å². The molecule has 0 spiro atoms.